The Labute approximate surface area is 117 Å². The van der Waals surface area contributed by atoms with E-state index in [0.717, 1.165) is 6.42 Å². The van der Waals surface area contributed by atoms with Gasteiger partial charge >= 0.3 is 0 Å². The van der Waals surface area contributed by atoms with Gasteiger partial charge in [-0.15, -0.1) is 0 Å². The Morgan fingerprint density at radius 2 is 1.95 bits per heavy atom. The number of ether oxygens (including phenoxy) is 1. The third-order valence-electron chi connectivity index (χ3n) is 2.81. The Morgan fingerprint density at radius 1 is 1.35 bits per heavy atom. The largest absolute Gasteiger partial charge is 0.478 e. The molecule has 0 aromatic heterocycles. The summed E-state index contributed by atoms with van der Waals surface area (Å²) in [4.78, 5) is 11.5. The second kappa shape index (κ2) is 7.79. The summed E-state index contributed by atoms with van der Waals surface area (Å²) in [7, 11) is 1.68. The van der Waals surface area contributed by atoms with Crippen LogP contribution in [0.2, 0.25) is 0 Å². The van der Waals surface area contributed by atoms with Gasteiger partial charge in [0.25, 0.3) is 5.91 Å². The fourth-order valence-electron chi connectivity index (χ4n) is 1.61. The van der Waals surface area contributed by atoms with Crippen molar-refractivity contribution in [2.45, 2.75) is 32.9 Å². The van der Waals surface area contributed by atoms with Crippen molar-refractivity contribution in [2.24, 2.45) is 0 Å². The zero-order chi connectivity index (χ0) is 15.1. The van der Waals surface area contributed by atoms with Crippen molar-refractivity contribution in [3.05, 3.63) is 29.3 Å². The minimum Gasteiger partial charge on any atom is -0.478 e. The van der Waals surface area contributed by atoms with Crippen molar-refractivity contribution in [2.75, 3.05) is 13.7 Å². The molecule has 0 fully saturated rings. The van der Waals surface area contributed by atoms with E-state index in [1.54, 1.807) is 7.05 Å². The van der Waals surface area contributed by atoms with Gasteiger partial charge in [-0.2, -0.15) is 0 Å². The Kier molecular flexibility index (Phi) is 6.38. The Bertz CT molecular complexity index is 443. The van der Waals surface area contributed by atoms with E-state index < -0.39 is 29.9 Å². The van der Waals surface area contributed by atoms with E-state index in [1.807, 2.05) is 13.8 Å². The quantitative estimate of drug-likeness (QED) is 0.806. The predicted octanol–water partition coefficient (Wildman–Crippen LogP) is 1.98. The first-order chi connectivity index (χ1) is 9.47. The number of nitrogens with one attached hydrogen (secondary N) is 2. The third kappa shape index (κ3) is 4.77. The average Bonchev–Trinajstić information content (AvgIpc) is 2.37. The molecule has 1 aromatic carbocycles. The molecular formula is C14H20F2N2O2. The summed E-state index contributed by atoms with van der Waals surface area (Å²) >= 11 is 0. The maximum atomic E-state index is 13.7. The van der Waals surface area contributed by atoms with Gasteiger partial charge in [-0.05, 0) is 38.1 Å². The van der Waals surface area contributed by atoms with E-state index in [9.17, 15) is 13.6 Å². The normalized spacial score (nSPS) is 12.1. The van der Waals surface area contributed by atoms with Crippen molar-refractivity contribution in [1.82, 2.24) is 10.6 Å². The van der Waals surface area contributed by atoms with Gasteiger partial charge in [0.05, 0.1) is 0 Å². The second-order valence-electron chi connectivity index (χ2n) is 4.58. The van der Waals surface area contributed by atoms with Crippen molar-refractivity contribution in [1.29, 1.82) is 0 Å². The Morgan fingerprint density at radius 3 is 2.45 bits per heavy atom. The van der Waals surface area contributed by atoms with Crippen LogP contribution in [0.25, 0.3) is 0 Å². The highest BCUT2D eigenvalue weighted by Crippen LogP contribution is 2.23. The van der Waals surface area contributed by atoms with Crippen LogP contribution in [0.15, 0.2) is 12.1 Å². The Hall–Kier alpha value is -1.69. The third-order valence-corrected chi connectivity index (χ3v) is 2.81. The van der Waals surface area contributed by atoms with Crippen LogP contribution in [-0.4, -0.2) is 25.6 Å². The van der Waals surface area contributed by atoms with Crippen LogP contribution in [0.4, 0.5) is 8.78 Å². The van der Waals surface area contributed by atoms with Gasteiger partial charge in [0.15, 0.2) is 24.0 Å². The molecule has 4 nitrogen and oxygen atoms in total. The van der Waals surface area contributed by atoms with E-state index in [2.05, 4.69) is 10.6 Å². The van der Waals surface area contributed by atoms with E-state index >= 15 is 0 Å². The molecule has 0 aliphatic carbocycles. The molecule has 0 radical (unpaired) electrons. The van der Waals surface area contributed by atoms with Crippen molar-refractivity contribution < 1.29 is 18.3 Å². The fourth-order valence-corrected chi connectivity index (χ4v) is 1.61. The summed E-state index contributed by atoms with van der Waals surface area (Å²) in [5, 5.41) is 5.45. The van der Waals surface area contributed by atoms with Gasteiger partial charge in [-0.25, -0.2) is 8.78 Å². The zero-order valence-electron chi connectivity index (χ0n) is 11.9. The first-order valence-electron chi connectivity index (χ1n) is 6.52. The zero-order valence-corrected chi connectivity index (χ0v) is 11.9. The first-order valence-corrected chi connectivity index (χ1v) is 6.52. The molecule has 0 aliphatic heterocycles. The summed E-state index contributed by atoms with van der Waals surface area (Å²) < 4.78 is 32.3. The van der Waals surface area contributed by atoms with E-state index in [4.69, 9.17) is 4.74 Å². The van der Waals surface area contributed by atoms with Gasteiger partial charge in [-0.3, -0.25) is 4.79 Å². The molecule has 112 valence electrons. The van der Waals surface area contributed by atoms with Crippen LogP contribution in [-0.2, 0) is 11.3 Å². The summed E-state index contributed by atoms with van der Waals surface area (Å²) in [5.74, 6) is -2.56. The van der Waals surface area contributed by atoms with Crippen molar-refractivity contribution >= 4 is 5.91 Å². The highest BCUT2D eigenvalue weighted by atomic mass is 19.1. The van der Waals surface area contributed by atoms with Gasteiger partial charge in [0.2, 0.25) is 0 Å². The number of carbonyl (C=O) groups is 1. The monoisotopic (exact) mass is 286 g/mol. The summed E-state index contributed by atoms with van der Waals surface area (Å²) in [6.07, 6.45) is 0.771. The molecule has 1 amide bonds. The number of hydrogen-bond donors (Lipinski definition) is 2. The van der Waals surface area contributed by atoms with E-state index in [-0.39, 0.29) is 6.04 Å². The molecule has 20 heavy (non-hydrogen) atoms. The van der Waals surface area contributed by atoms with E-state index in [0.29, 0.717) is 12.1 Å². The number of carbonyl (C=O) groups excluding carboxylic acids is 1. The smallest absolute Gasteiger partial charge is 0.258 e. The van der Waals surface area contributed by atoms with Crippen LogP contribution >= 0.6 is 0 Å². The number of amides is 1. The average molecular weight is 286 g/mol. The molecule has 1 unspecified atom stereocenters. The number of benzene rings is 1. The number of halogens is 2. The molecule has 6 heteroatoms. The lowest BCUT2D eigenvalue weighted by atomic mass is 10.2. The molecule has 0 saturated carbocycles. The Balaban J connectivity index is 2.66. The lowest BCUT2D eigenvalue weighted by Crippen LogP contribution is -2.35. The van der Waals surface area contributed by atoms with Crippen LogP contribution in [0.1, 0.15) is 25.8 Å². The topological polar surface area (TPSA) is 50.4 Å². The van der Waals surface area contributed by atoms with Gasteiger partial charge in [0, 0.05) is 12.6 Å². The summed E-state index contributed by atoms with van der Waals surface area (Å²) in [6.45, 7) is 3.70. The summed E-state index contributed by atoms with van der Waals surface area (Å²) in [6, 6.07) is 2.36. The molecule has 1 atom stereocenters. The molecule has 0 spiro atoms. The van der Waals surface area contributed by atoms with Gasteiger partial charge in [0.1, 0.15) is 0 Å². The van der Waals surface area contributed by atoms with Gasteiger partial charge < -0.3 is 15.4 Å². The summed E-state index contributed by atoms with van der Waals surface area (Å²) in [5.41, 5.74) is 0.471. The molecule has 1 rings (SSSR count). The predicted molar refractivity (Wildman–Crippen MR) is 72.5 cm³/mol. The first kappa shape index (κ1) is 16.4. The van der Waals surface area contributed by atoms with Crippen LogP contribution in [0.3, 0.4) is 0 Å². The van der Waals surface area contributed by atoms with E-state index in [1.165, 1.54) is 12.1 Å². The number of hydrogen-bond acceptors (Lipinski definition) is 3. The minimum absolute atomic E-state index is 0.00111. The lowest BCUT2D eigenvalue weighted by molar-refractivity contribution is -0.123. The fraction of sp³-hybridized carbons (Fsp3) is 0.500. The molecule has 0 saturated heterocycles. The molecular weight excluding hydrogens is 266 g/mol. The molecule has 0 aliphatic rings. The van der Waals surface area contributed by atoms with Crippen LogP contribution in [0.5, 0.6) is 5.75 Å². The lowest BCUT2D eigenvalue weighted by Gasteiger charge is -2.13. The van der Waals surface area contributed by atoms with Crippen molar-refractivity contribution in [3.8, 4) is 5.75 Å². The minimum atomic E-state index is -0.813. The number of rotatable bonds is 7. The molecule has 1 aromatic rings. The van der Waals surface area contributed by atoms with Crippen LogP contribution < -0.4 is 15.4 Å². The highest BCUT2D eigenvalue weighted by molar-refractivity contribution is 5.77. The maximum absolute atomic E-state index is 13.7. The van der Waals surface area contributed by atoms with Crippen molar-refractivity contribution in [3.63, 3.8) is 0 Å². The van der Waals surface area contributed by atoms with Gasteiger partial charge in [-0.1, -0.05) is 6.92 Å². The highest BCUT2D eigenvalue weighted by Gasteiger charge is 2.14. The van der Waals surface area contributed by atoms with Crippen LogP contribution in [0, 0.1) is 11.6 Å². The maximum Gasteiger partial charge on any atom is 0.258 e. The SMILES string of the molecule is CCC(C)NC(=O)COc1c(F)cc(CNC)cc1F. The molecule has 0 bridgehead atoms. The standard InChI is InChI=1S/C14H20F2N2O2/c1-4-9(2)18-13(19)8-20-14-11(15)5-10(7-17-3)6-12(14)16/h5-6,9,17H,4,7-8H2,1-3H3,(H,18,19). The molecule has 0 heterocycles. The molecule has 2 N–H and O–H groups in total. The second-order valence-corrected chi connectivity index (χ2v) is 4.58.